The maximum Gasteiger partial charge on any atom is 0.242 e. The van der Waals surface area contributed by atoms with Crippen LogP contribution in [-0.2, 0) is 29.5 Å². The average molecular weight is 656 g/mol. The molecule has 0 fully saturated rings. The monoisotopic (exact) mass is 655 g/mol. The number of carbonyl (C=O) groups excluding carboxylic acids is 2. The molecule has 48 heavy (non-hydrogen) atoms. The lowest BCUT2D eigenvalue weighted by Crippen LogP contribution is -2.45. The first kappa shape index (κ1) is 34.3. The predicted molar refractivity (Wildman–Crippen MR) is 187 cm³/mol. The molecule has 3 N–H and O–H groups in total. The normalized spacial score (nSPS) is 14.9. The third-order valence-corrected chi connectivity index (χ3v) is 9.25. The molecule has 0 saturated carbocycles. The van der Waals surface area contributed by atoms with Crippen LogP contribution in [-0.4, -0.2) is 55.3 Å². The molecule has 0 aliphatic heterocycles. The van der Waals surface area contributed by atoms with E-state index in [9.17, 15) is 14.4 Å². The van der Waals surface area contributed by atoms with Gasteiger partial charge in [-0.1, -0.05) is 38.5 Å². The molecule has 11 nitrogen and oxygen atoms in total. The Labute approximate surface area is 281 Å². The van der Waals surface area contributed by atoms with Gasteiger partial charge < -0.3 is 34.7 Å². The van der Waals surface area contributed by atoms with E-state index in [-0.39, 0.29) is 28.8 Å². The molecule has 0 unspecified atom stereocenters. The van der Waals surface area contributed by atoms with Crippen molar-refractivity contribution in [3.05, 3.63) is 75.7 Å². The molecule has 0 radical (unpaired) electrons. The largest absolute Gasteiger partial charge is 0.493 e. The number of carbonyl (C=O) groups is 2. The second-order valence-corrected chi connectivity index (χ2v) is 12.2. The molecule has 5 rings (SSSR count). The van der Waals surface area contributed by atoms with E-state index in [1.165, 1.54) is 6.92 Å². The number of ether oxygens (including phenoxy) is 3. The number of hydrogen-bond acceptors (Lipinski definition) is 8. The number of aromatic nitrogens is 2. The zero-order valence-corrected chi connectivity index (χ0v) is 28.7. The minimum atomic E-state index is -0.664. The van der Waals surface area contributed by atoms with E-state index in [0.29, 0.717) is 48.6 Å². The Hall–Kier alpha value is -5.06. The van der Waals surface area contributed by atoms with Gasteiger partial charge in [-0.3, -0.25) is 14.4 Å². The van der Waals surface area contributed by atoms with Gasteiger partial charge in [0.25, 0.3) is 0 Å². The number of aryl methyl sites for hydroxylation is 2. The molecule has 2 amide bonds. The van der Waals surface area contributed by atoms with E-state index in [1.54, 1.807) is 33.5 Å². The Balaban J connectivity index is 1.50. The molecular formula is C37H45N5O6. The topological polar surface area (TPSA) is 133 Å². The van der Waals surface area contributed by atoms with Crippen LogP contribution in [0.3, 0.4) is 0 Å². The minimum absolute atomic E-state index is 0.0758. The fourth-order valence-corrected chi connectivity index (χ4v) is 6.52. The Morgan fingerprint density at radius 2 is 1.79 bits per heavy atom. The summed E-state index contributed by atoms with van der Waals surface area (Å²) in [4.78, 5) is 44.6. The third-order valence-electron chi connectivity index (χ3n) is 9.25. The number of nitrogens with zero attached hydrogens (tertiary/aromatic N) is 2. The first-order valence-electron chi connectivity index (χ1n) is 16.3. The maximum absolute atomic E-state index is 13.9. The molecule has 1 heterocycles. The van der Waals surface area contributed by atoms with E-state index in [0.717, 1.165) is 40.0 Å². The summed E-state index contributed by atoms with van der Waals surface area (Å²) in [5.74, 6) is 1.83. The highest BCUT2D eigenvalue weighted by molar-refractivity contribution is 5.86. The van der Waals surface area contributed by atoms with Crippen molar-refractivity contribution in [2.45, 2.75) is 58.5 Å². The Bertz CT molecular complexity index is 1890. The van der Waals surface area contributed by atoms with Crippen LogP contribution < -0.4 is 35.6 Å². The molecule has 11 heteroatoms. The van der Waals surface area contributed by atoms with Crippen molar-refractivity contribution in [3.8, 4) is 28.4 Å². The number of para-hydroxylation sites is 2. The van der Waals surface area contributed by atoms with Gasteiger partial charge in [0, 0.05) is 32.5 Å². The Morgan fingerprint density at radius 3 is 2.46 bits per heavy atom. The molecule has 0 spiro atoms. The molecule has 3 atom stereocenters. The molecule has 3 aromatic carbocycles. The van der Waals surface area contributed by atoms with Gasteiger partial charge in [0.1, 0.15) is 11.9 Å². The average Bonchev–Trinajstić information content (AvgIpc) is 3.21. The summed E-state index contributed by atoms with van der Waals surface area (Å²) >= 11 is 0. The van der Waals surface area contributed by atoms with Gasteiger partial charge in [-0.2, -0.15) is 0 Å². The smallest absolute Gasteiger partial charge is 0.242 e. The fourth-order valence-electron chi connectivity index (χ4n) is 6.52. The van der Waals surface area contributed by atoms with E-state index in [2.05, 4.69) is 16.0 Å². The maximum atomic E-state index is 13.9. The lowest BCUT2D eigenvalue weighted by molar-refractivity contribution is -0.123. The van der Waals surface area contributed by atoms with Gasteiger partial charge >= 0.3 is 0 Å². The molecular weight excluding hydrogens is 610 g/mol. The second kappa shape index (κ2) is 14.8. The summed E-state index contributed by atoms with van der Waals surface area (Å²) in [6, 6.07) is 13.9. The van der Waals surface area contributed by atoms with Crippen molar-refractivity contribution < 1.29 is 23.8 Å². The zero-order chi connectivity index (χ0) is 34.5. The number of benzene rings is 2. The van der Waals surface area contributed by atoms with Gasteiger partial charge in [0.05, 0.1) is 44.1 Å². The quantitative estimate of drug-likeness (QED) is 0.196. The number of rotatable bonds is 12. The highest BCUT2D eigenvalue weighted by atomic mass is 16.5. The van der Waals surface area contributed by atoms with Crippen molar-refractivity contribution in [3.63, 3.8) is 0 Å². The van der Waals surface area contributed by atoms with Gasteiger partial charge in [0.15, 0.2) is 11.5 Å². The number of methoxy groups -OCH3 is 3. The van der Waals surface area contributed by atoms with Crippen LogP contribution in [0, 0.1) is 5.92 Å². The van der Waals surface area contributed by atoms with E-state index in [1.807, 2.05) is 61.9 Å². The number of anilines is 1. The van der Waals surface area contributed by atoms with E-state index >= 15 is 0 Å². The first-order valence-corrected chi connectivity index (χ1v) is 16.3. The predicted octanol–water partition coefficient (Wildman–Crippen LogP) is 4.94. The lowest BCUT2D eigenvalue weighted by atomic mass is 9.95. The van der Waals surface area contributed by atoms with Gasteiger partial charge in [0.2, 0.25) is 23.0 Å². The standard InChI is InChI=1S/C37H45N5O6/c1-8-21(2)34(37(45)38-18-17-32-40-27-11-9-10-12-29(27)42(32)4)41-28-16-14-24-25(20-30(28)44)26(39-22(3)43)15-13-23-19-31(46-5)35(47-6)36(48-7)33(23)24/h9-12,14,16,19-21,26,34H,8,13,15,17-18H2,1-7H3,(H,38,45)(H,39,43)(H,41,44)/t21-,26+,34+/m0/s1. The lowest BCUT2D eigenvalue weighted by Gasteiger charge is -2.24. The zero-order valence-electron chi connectivity index (χ0n) is 28.7. The van der Waals surface area contributed by atoms with Crippen molar-refractivity contribution in [2.75, 3.05) is 33.2 Å². The minimum Gasteiger partial charge on any atom is -0.493 e. The number of fused-ring (bicyclic) bond motifs is 4. The van der Waals surface area contributed by atoms with Crippen LogP contribution in [0.5, 0.6) is 17.2 Å². The van der Waals surface area contributed by atoms with Crippen LogP contribution in [0.15, 0.2) is 53.3 Å². The van der Waals surface area contributed by atoms with Crippen molar-refractivity contribution in [1.82, 2.24) is 20.2 Å². The highest BCUT2D eigenvalue weighted by Gasteiger charge is 2.30. The summed E-state index contributed by atoms with van der Waals surface area (Å²) in [5.41, 5.74) is 5.00. The number of hydrogen-bond donors (Lipinski definition) is 3. The van der Waals surface area contributed by atoms with Crippen LogP contribution in [0.1, 0.15) is 56.6 Å². The van der Waals surface area contributed by atoms with Crippen molar-refractivity contribution >= 4 is 28.5 Å². The number of imidazole rings is 1. The second-order valence-electron chi connectivity index (χ2n) is 12.2. The Kier molecular flexibility index (Phi) is 10.6. The summed E-state index contributed by atoms with van der Waals surface area (Å²) in [6.07, 6.45) is 2.42. The Morgan fingerprint density at radius 1 is 1.04 bits per heavy atom. The van der Waals surface area contributed by atoms with Crippen LogP contribution >= 0.6 is 0 Å². The number of nitrogens with one attached hydrogen (secondary N) is 3. The van der Waals surface area contributed by atoms with Gasteiger partial charge in [-0.05, 0) is 65.8 Å². The summed E-state index contributed by atoms with van der Waals surface area (Å²) in [6.45, 7) is 5.86. The number of amides is 2. The molecule has 0 bridgehead atoms. The van der Waals surface area contributed by atoms with Gasteiger partial charge in [-0.15, -0.1) is 0 Å². The van der Waals surface area contributed by atoms with E-state index < -0.39 is 12.1 Å². The van der Waals surface area contributed by atoms with E-state index in [4.69, 9.17) is 19.2 Å². The third kappa shape index (κ3) is 6.81. The SMILES string of the molecule is CC[C@H](C)[C@@H](Nc1ccc2c(cc1=O)[C@H](NC(C)=O)CCc1cc(OC)c(OC)c(OC)c1-2)C(=O)NCCc1nc2ccccc2n1C. The molecule has 254 valence electrons. The van der Waals surface area contributed by atoms with Crippen LogP contribution in [0.4, 0.5) is 5.69 Å². The fraction of sp³-hybridized carbons (Fsp3) is 0.405. The molecule has 1 aliphatic carbocycles. The van der Waals surface area contributed by atoms with Crippen LogP contribution in [0.2, 0.25) is 0 Å². The van der Waals surface area contributed by atoms with Crippen LogP contribution in [0.25, 0.3) is 22.2 Å². The molecule has 1 aromatic heterocycles. The summed E-state index contributed by atoms with van der Waals surface area (Å²) in [7, 11) is 6.65. The summed E-state index contributed by atoms with van der Waals surface area (Å²) < 4.78 is 19.2. The van der Waals surface area contributed by atoms with Crippen molar-refractivity contribution in [1.29, 1.82) is 0 Å². The van der Waals surface area contributed by atoms with Gasteiger partial charge in [-0.25, -0.2) is 4.98 Å². The first-order chi connectivity index (χ1) is 23.1. The molecule has 4 aromatic rings. The summed E-state index contributed by atoms with van der Waals surface area (Å²) in [5, 5.41) is 9.37. The highest BCUT2D eigenvalue weighted by Crippen LogP contribution is 2.50. The molecule has 0 saturated heterocycles. The molecule has 1 aliphatic rings. The van der Waals surface area contributed by atoms with Crippen molar-refractivity contribution in [2.24, 2.45) is 13.0 Å².